The van der Waals surface area contributed by atoms with Crippen molar-refractivity contribution in [3.8, 4) is 17.2 Å². The highest BCUT2D eigenvalue weighted by Gasteiger charge is 2.43. The van der Waals surface area contributed by atoms with E-state index in [1.54, 1.807) is 0 Å². The summed E-state index contributed by atoms with van der Waals surface area (Å²) in [5.41, 5.74) is -0.288. The van der Waals surface area contributed by atoms with Crippen molar-refractivity contribution in [2.45, 2.75) is 30.7 Å². The Hall–Kier alpha value is -2.11. The van der Waals surface area contributed by atoms with E-state index in [4.69, 9.17) is 9.47 Å². The fourth-order valence-corrected chi connectivity index (χ4v) is 2.03. The van der Waals surface area contributed by atoms with Gasteiger partial charge in [0.05, 0.1) is 5.56 Å². The highest BCUT2D eigenvalue weighted by atomic mass is 16.6. The Bertz CT molecular complexity index is 565. The number of ether oxygens (including phenoxy) is 2. The van der Waals surface area contributed by atoms with E-state index in [1.165, 1.54) is 0 Å². The Morgan fingerprint density at radius 3 is 2.13 bits per heavy atom. The molecule has 5 atom stereocenters. The predicted octanol–water partition coefficient (Wildman–Crippen LogP) is -2.24. The Labute approximate surface area is 129 Å². The molecule has 7 N–H and O–H groups in total. The highest BCUT2D eigenvalue weighted by molar-refractivity contribution is 5.91. The lowest BCUT2D eigenvalue weighted by atomic mass is 9.99. The SMILES string of the molecule is O=C(OC[C@H]1O[C@H](O)[C@H](O)[C@@H](O)[C@@H]1O)c1cc(O)c(O)c(O)c1. The second kappa shape index (κ2) is 6.56. The Morgan fingerprint density at radius 1 is 1.00 bits per heavy atom. The Morgan fingerprint density at radius 2 is 1.57 bits per heavy atom. The fraction of sp³-hybridized carbons (Fsp3) is 0.462. The van der Waals surface area contributed by atoms with Gasteiger partial charge in [-0.1, -0.05) is 0 Å². The van der Waals surface area contributed by atoms with Crippen LogP contribution in [-0.4, -0.2) is 79.0 Å². The standard InChI is InChI=1S/C13H16O10/c14-5-1-4(2-6(15)8(5)16)12(20)22-3-7-9(17)10(18)11(19)13(21)23-7/h1-2,7,9-11,13-19,21H,3H2/t7-,9-,10+,11-,13+/m1/s1. The summed E-state index contributed by atoms with van der Waals surface area (Å²) in [4.78, 5) is 11.8. The van der Waals surface area contributed by atoms with Crippen molar-refractivity contribution in [2.24, 2.45) is 0 Å². The lowest BCUT2D eigenvalue weighted by molar-refractivity contribution is -0.286. The van der Waals surface area contributed by atoms with Crippen LogP contribution in [0.15, 0.2) is 12.1 Å². The molecule has 1 heterocycles. The number of rotatable bonds is 3. The van der Waals surface area contributed by atoms with E-state index in [2.05, 4.69) is 0 Å². The van der Waals surface area contributed by atoms with Crippen LogP contribution in [0.2, 0.25) is 0 Å². The number of aliphatic hydroxyl groups excluding tert-OH is 4. The van der Waals surface area contributed by atoms with E-state index in [0.717, 1.165) is 12.1 Å². The molecule has 1 aromatic carbocycles. The molecule has 0 aliphatic carbocycles. The van der Waals surface area contributed by atoms with Crippen LogP contribution in [0, 0.1) is 0 Å². The van der Waals surface area contributed by atoms with Gasteiger partial charge >= 0.3 is 5.97 Å². The minimum absolute atomic E-state index is 0.288. The zero-order valence-corrected chi connectivity index (χ0v) is 11.6. The van der Waals surface area contributed by atoms with Crippen molar-refractivity contribution in [3.05, 3.63) is 17.7 Å². The minimum atomic E-state index is -1.76. The van der Waals surface area contributed by atoms with E-state index in [1.807, 2.05) is 0 Å². The second-order valence-electron chi connectivity index (χ2n) is 5.00. The van der Waals surface area contributed by atoms with Crippen LogP contribution in [0.3, 0.4) is 0 Å². The molecule has 128 valence electrons. The number of carbonyl (C=O) groups excluding carboxylic acids is 1. The van der Waals surface area contributed by atoms with Gasteiger partial charge in [0, 0.05) is 0 Å². The molecule has 1 aromatic rings. The first-order valence-electron chi connectivity index (χ1n) is 6.52. The van der Waals surface area contributed by atoms with Crippen LogP contribution < -0.4 is 0 Å². The maximum absolute atomic E-state index is 11.8. The van der Waals surface area contributed by atoms with Gasteiger partial charge in [-0.25, -0.2) is 4.79 Å². The molecule has 10 nitrogen and oxygen atoms in total. The topological polar surface area (TPSA) is 177 Å². The van der Waals surface area contributed by atoms with E-state index in [-0.39, 0.29) is 5.56 Å². The van der Waals surface area contributed by atoms with Gasteiger partial charge in [-0.3, -0.25) is 0 Å². The smallest absolute Gasteiger partial charge is 0.338 e. The number of aliphatic hydroxyl groups is 4. The number of benzene rings is 1. The molecule has 0 unspecified atom stereocenters. The summed E-state index contributed by atoms with van der Waals surface area (Å²) < 4.78 is 9.60. The number of hydrogen-bond acceptors (Lipinski definition) is 10. The van der Waals surface area contributed by atoms with Crippen LogP contribution in [-0.2, 0) is 9.47 Å². The number of aromatic hydroxyl groups is 3. The van der Waals surface area contributed by atoms with Gasteiger partial charge in [-0.15, -0.1) is 0 Å². The molecule has 0 bridgehead atoms. The minimum Gasteiger partial charge on any atom is -0.504 e. The van der Waals surface area contributed by atoms with Gasteiger partial charge < -0.3 is 45.2 Å². The van der Waals surface area contributed by atoms with Gasteiger partial charge in [-0.2, -0.15) is 0 Å². The fourth-order valence-electron chi connectivity index (χ4n) is 2.03. The van der Waals surface area contributed by atoms with Gasteiger partial charge in [-0.05, 0) is 12.1 Å². The molecule has 0 radical (unpaired) electrons. The van der Waals surface area contributed by atoms with Gasteiger partial charge in [0.15, 0.2) is 23.5 Å². The van der Waals surface area contributed by atoms with E-state index in [9.17, 15) is 40.5 Å². The number of phenols is 3. The molecular formula is C13H16O10. The first-order valence-corrected chi connectivity index (χ1v) is 6.52. The van der Waals surface area contributed by atoms with E-state index in [0.29, 0.717) is 0 Å². The zero-order chi connectivity index (χ0) is 17.3. The molecule has 2 rings (SSSR count). The predicted molar refractivity (Wildman–Crippen MR) is 70.6 cm³/mol. The molecule has 23 heavy (non-hydrogen) atoms. The maximum Gasteiger partial charge on any atom is 0.338 e. The van der Waals surface area contributed by atoms with Crippen molar-refractivity contribution >= 4 is 5.97 Å². The quantitative estimate of drug-likeness (QED) is 0.236. The number of phenolic OH excluding ortho intramolecular Hbond substituents is 3. The molecule has 0 saturated carbocycles. The Kier molecular flexibility index (Phi) is 4.92. The summed E-state index contributed by atoms with van der Waals surface area (Å²) in [5, 5.41) is 65.6. The lowest BCUT2D eigenvalue weighted by Gasteiger charge is -2.37. The Balaban J connectivity index is 2.02. The van der Waals surface area contributed by atoms with Crippen LogP contribution in [0.5, 0.6) is 17.2 Å². The third-order valence-electron chi connectivity index (χ3n) is 3.37. The summed E-state index contributed by atoms with van der Waals surface area (Å²) in [6, 6.07) is 1.70. The van der Waals surface area contributed by atoms with Gasteiger partial charge in [0.25, 0.3) is 0 Å². The molecule has 1 saturated heterocycles. The van der Waals surface area contributed by atoms with Crippen LogP contribution in [0.4, 0.5) is 0 Å². The molecule has 1 aliphatic heterocycles. The first kappa shape index (κ1) is 17.2. The molecule has 0 spiro atoms. The van der Waals surface area contributed by atoms with Crippen molar-refractivity contribution in [1.29, 1.82) is 0 Å². The zero-order valence-electron chi connectivity index (χ0n) is 11.6. The number of hydrogen-bond donors (Lipinski definition) is 7. The second-order valence-corrected chi connectivity index (χ2v) is 5.00. The van der Waals surface area contributed by atoms with E-state index < -0.39 is 60.5 Å². The molecule has 0 amide bonds. The van der Waals surface area contributed by atoms with Crippen LogP contribution >= 0.6 is 0 Å². The summed E-state index contributed by atoms with van der Waals surface area (Å²) in [6.07, 6.45) is -8.07. The molecule has 0 aromatic heterocycles. The third kappa shape index (κ3) is 3.46. The summed E-state index contributed by atoms with van der Waals surface area (Å²) in [7, 11) is 0. The molecular weight excluding hydrogens is 316 g/mol. The average molecular weight is 332 g/mol. The first-order chi connectivity index (χ1) is 10.7. The molecule has 1 aliphatic rings. The molecule has 10 heteroatoms. The normalized spacial score (nSPS) is 30.9. The summed E-state index contributed by atoms with van der Waals surface area (Å²) in [5.74, 6) is -3.30. The maximum atomic E-state index is 11.8. The number of carbonyl (C=O) groups is 1. The van der Waals surface area contributed by atoms with Crippen molar-refractivity contribution < 1.29 is 50.0 Å². The lowest BCUT2D eigenvalue weighted by Crippen LogP contribution is -2.58. The average Bonchev–Trinajstić information content (AvgIpc) is 2.51. The highest BCUT2D eigenvalue weighted by Crippen LogP contribution is 2.35. The van der Waals surface area contributed by atoms with Crippen LogP contribution in [0.25, 0.3) is 0 Å². The largest absolute Gasteiger partial charge is 0.504 e. The van der Waals surface area contributed by atoms with E-state index >= 15 is 0 Å². The number of esters is 1. The van der Waals surface area contributed by atoms with Gasteiger partial charge in [0.1, 0.15) is 31.0 Å². The third-order valence-corrected chi connectivity index (χ3v) is 3.37. The van der Waals surface area contributed by atoms with Crippen LogP contribution in [0.1, 0.15) is 10.4 Å². The summed E-state index contributed by atoms with van der Waals surface area (Å²) >= 11 is 0. The summed E-state index contributed by atoms with van der Waals surface area (Å²) in [6.45, 7) is -0.580. The van der Waals surface area contributed by atoms with Crippen molar-refractivity contribution in [1.82, 2.24) is 0 Å². The van der Waals surface area contributed by atoms with Crippen molar-refractivity contribution in [2.75, 3.05) is 6.61 Å². The molecule has 1 fully saturated rings. The monoisotopic (exact) mass is 332 g/mol. The van der Waals surface area contributed by atoms with Gasteiger partial charge in [0.2, 0.25) is 0 Å². The van der Waals surface area contributed by atoms with Crippen molar-refractivity contribution in [3.63, 3.8) is 0 Å².